The molecule has 0 spiro atoms. The first kappa shape index (κ1) is 16.2. The lowest BCUT2D eigenvalue weighted by Gasteiger charge is -2.10. The summed E-state index contributed by atoms with van der Waals surface area (Å²) in [7, 11) is 1.68. The Balaban J connectivity index is 2.05. The molecule has 0 aliphatic carbocycles. The molecule has 1 heterocycles. The Morgan fingerprint density at radius 3 is 2.58 bits per heavy atom. The van der Waals surface area contributed by atoms with E-state index in [9.17, 15) is 9.59 Å². The largest absolute Gasteiger partial charge is 0.320 e. The summed E-state index contributed by atoms with van der Waals surface area (Å²) < 4.78 is 1.50. The molecule has 0 saturated heterocycles. The van der Waals surface area contributed by atoms with Crippen molar-refractivity contribution in [1.29, 1.82) is 0 Å². The minimum Gasteiger partial charge on any atom is -0.320 e. The summed E-state index contributed by atoms with van der Waals surface area (Å²) >= 11 is 5.97. The fourth-order valence-corrected chi connectivity index (χ4v) is 2.68. The molecule has 0 aliphatic rings. The molecule has 1 N–H and O–H groups in total. The Hall–Kier alpha value is -2.66. The van der Waals surface area contributed by atoms with Crippen LogP contribution in [0.3, 0.4) is 0 Å². The van der Waals surface area contributed by atoms with Crippen molar-refractivity contribution in [3.8, 4) is 0 Å². The second-order valence-electron chi connectivity index (χ2n) is 5.72. The molecule has 5 nitrogen and oxygen atoms in total. The monoisotopic (exact) mass is 341 g/mol. The first-order chi connectivity index (χ1) is 11.4. The number of benzene rings is 2. The van der Waals surface area contributed by atoms with Crippen LogP contribution in [0.2, 0.25) is 5.02 Å². The second-order valence-corrected chi connectivity index (χ2v) is 6.15. The quantitative estimate of drug-likeness (QED) is 0.776. The van der Waals surface area contributed by atoms with Crippen molar-refractivity contribution in [1.82, 2.24) is 9.78 Å². The Morgan fingerprint density at radius 1 is 1.12 bits per heavy atom. The maximum absolute atomic E-state index is 12.6. The van der Waals surface area contributed by atoms with Crippen molar-refractivity contribution >= 4 is 34.1 Å². The van der Waals surface area contributed by atoms with Crippen LogP contribution < -0.4 is 10.7 Å². The van der Waals surface area contributed by atoms with Gasteiger partial charge in [-0.15, -0.1) is 0 Å². The Bertz CT molecular complexity index is 1020. The van der Waals surface area contributed by atoms with Crippen LogP contribution in [-0.4, -0.2) is 15.7 Å². The molecule has 0 unspecified atom stereocenters. The van der Waals surface area contributed by atoms with E-state index in [4.69, 9.17) is 11.6 Å². The summed E-state index contributed by atoms with van der Waals surface area (Å²) in [5.74, 6) is -0.541. The highest BCUT2D eigenvalue weighted by atomic mass is 35.5. The van der Waals surface area contributed by atoms with Crippen LogP contribution in [0, 0.1) is 13.8 Å². The molecule has 2 aromatic carbocycles. The fraction of sp³-hybridized carbons (Fsp3) is 0.167. The standard InChI is InChI=1S/C18H16ClN3O2/c1-10-4-6-13(8-11(10)2)20-18(24)16-17(23)14-9-12(19)5-7-15(14)22(3)21-16/h4-9H,1-3H3,(H,20,24). The topological polar surface area (TPSA) is 64.0 Å². The lowest BCUT2D eigenvalue weighted by molar-refractivity contribution is 0.101. The van der Waals surface area contributed by atoms with Gasteiger partial charge >= 0.3 is 0 Å². The van der Waals surface area contributed by atoms with E-state index >= 15 is 0 Å². The van der Waals surface area contributed by atoms with Crippen molar-refractivity contribution < 1.29 is 4.79 Å². The SMILES string of the molecule is Cc1ccc(NC(=O)c2nn(C)c3ccc(Cl)cc3c2=O)cc1C. The Labute approximate surface area is 143 Å². The second kappa shape index (κ2) is 6.09. The van der Waals surface area contributed by atoms with Crippen LogP contribution >= 0.6 is 11.6 Å². The molecule has 3 aromatic rings. The van der Waals surface area contributed by atoms with Crippen LogP contribution in [0.15, 0.2) is 41.2 Å². The van der Waals surface area contributed by atoms with Gasteiger partial charge in [0.2, 0.25) is 5.43 Å². The van der Waals surface area contributed by atoms with E-state index in [0.717, 1.165) is 11.1 Å². The number of nitrogens with zero attached hydrogens (tertiary/aromatic N) is 2. The number of carbonyl (C=O) groups excluding carboxylic acids is 1. The number of halogens is 1. The summed E-state index contributed by atoms with van der Waals surface area (Å²) in [6, 6.07) is 10.5. The predicted octanol–water partition coefficient (Wildman–Crippen LogP) is 3.46. The molecule has 0 atom stereocenters. The zero-order chi connectivity index (χ0) is 17.4. The van der Waals surface area contributed by atoms with Gasteiger partial charge in [-0.25, -0.2) is 0 Å². The molecule has 0 saturated carbocycles. The average molecular weight is 342 g/mol. The van der Waals surface area contributed by atoms with Gasteiger partial charge in [-0.2, -0.15) is 5.10 Å². The number of fused-ring (bicyclic) bond motifs is 1. The van der Waals surface area contributed by atoms with Crippen LogP contribution in [-0.2, 0) is 7.05 Å². The van der Waals surface area contributed by atoms with Crippen molar-refractivity contribution in [2.45, 2.75) is 13.8 Å². The maximum atomic E-state index is 12.6. The number of hydrogen-bond donors (Lipinski definition) is 1. The lowest BCUT2D eigenvalue weighted by Crippen LogP contribution is -2.26. The molecule has 3 rings (SSSR count). The molecule has 24 heavy (non-hydrogen) atoms. The first-order valence-electron chi connectivity index (χ1n) is 7.42. The summed E-state index contributed by atoms with van der Waals surface area (Å²) in [5.41, 5.74) is 2.82. The molecule has 0 radical (unpaired) electrons. The lowest BCUT2D eigenvalue weighted by atomic mass is 10.1. The minimum atomic E-state index is -0.541. The van der Waals surface area contributed by atoms with Crippen LogP contribution in [0.5, 0.6) is 0 Å². The number of hydrogen-bond acceptors (Lipinski definition) is 3. The van der Waals surface area contributed by atoms with E-state index in [2.05, 4.69) is 10.4 Å². The molecule has 1 amide bonds. The van der Waals surface area contributed by atoms with Crippen molar-refractivity contribution in [3.05, 3.63) is 68.5 Å². The van der Waals surface area contributed by atoms with Gasteiger partial charge in [0.1, 0.15) is 0 Å². The summed E-state index contributed by atoms with van der Waals surface area (Å²) in [6.45, 7) is 3.95. The number of nitrogens with one attached hydrogen (secondary N) is 1. The number of carbonyl (C=O) groups is 1. The number of anilines is 1. The minimum absolute atomic E-state index is 0.162. The molecule has 0 fully saturated rings. The third-order valence-electron chi connectivity index (χ3n) is 4.00. The van der Waals surface area contributed by atoms with E-state index in [1.54, 1.807) is 31.3 Å². The van der Waals surface area contributed by atoms with Gasteiger partial charge in [-0.05, 0) is 55.3 Å². The van der Waals surface area contributed by atoms with Gasteiger partial charge in [0, 0.05) is 17.8 Å². The highest BCUT2D eigenvalue weighted by Crippen LogP contribution is 2.17. The van der Waals surface area contributed by atoms with Crippen molar-refractivity contribution in [3.63, 3.8) is 0 Å². The third-order valence-corrected chi connectivity index (χ3v) is 4.23. The summed E-state index contributed by atoms with van der Waals surface area (Å²) in [5, 5.41) is 7.64. The first-order valence-corrected chi connectivity index (χ1v) is 7.80. The molecule has 0 aliphatic heterocycles. The number of aromatic nitrogens is 2. The molecule has 122 valence electrons. The van der Waals surface area contributed by atoms with Gasteiger partial charge in [-0.1, -0.05) is 17.7 Å². The number of aryl methyl sites for hydroxylation is 3. The summed E-state index contributed by atoms with van der Waals surface area (Å²) in [6.07, 6.45) is 0. The number of rotatable bonds is 2. The van der Waals surface area contributed by atoms with Gasteiger partial charge in [0.15, 0.2) is 5.69 Å². The van der Waals surface area contributed by atoms with Crippen molar-refractivity contribution in [2.24, 2.45) is 7.05 Å². The van der Waals surface area contributed by atoms with Crippen LogP contribution in [0.4, 0.5) is 5.69 Å². The highest BCUT2D eigenvalue weighted by molar-refractivity contribution is 6.31. The van der Waals surface area contributed by atoms with E-state index in [1.807, 2.05) is 26.0 Å². The van der Waals surface area contributed by atoms with Gasteiger partial charge < -0.3 is 5.32 Å². The van der Waals surface area contributed by atoms with E-state index in [0.29, 0.717) is 21.6 Å². The molecule has 6 heteroatoms. The van der Waals surface area contributed by atoms with E-state index in [-0.39, 0.29) is 5.69 Å². The average Bonchev–Trinajstić information content (AvgIpc) is 2.54. The van der Waals surface area contributed by atoms with E-state index < -0.39 is 11.3 Å². The van der Waals surface area contributed by atoms with Gasteiger partial charge in [-0.3, -0.25) is 14.3 Å². The van der Waals surface area contributed by atoms with Gasteiger partial charge in [0.05, 0.1) is 10.9 Å². The normalized spacial score (nSPS) is 10.8. The molecular weight excluding hydrogens is 326 g/mol. The number of amides is 1. The molecule has 1 aromatic heterocycles. The maximum Gasteiger partial charge on any atom is 0.280 e. The van der Waals surface area contributed by atoms with E-state index in [1.165, 1.54) is 4.68 Å². The Morgan fingerprint density at radius 2 is 1.88 bits per heavy atom. The molecular formula is C18H16ClN3O2. The van der Waals surface area contributed by atoms with Crippen LogP contribution in [0.25, 0.3) is 10.9 Å². The fourth-order valence-electron chi connectivity index (χ4n) is 2.51. The van der Waals surface area contributed by atoms with Gasteiger partial charge in [0.25, 0.3) is 5.91 Å². The van der Waals surface area contributed by atoms with Crippen molar-refractivity contribution in [2.75, 3.05) is 5.32 Å². The third kappa shape index (κ3) is 2.90. The zero-order valence-corrected chi connectivity index (χ0v) is 14.3. The summed E-state index contributed by atoms with van der Waals surface area (Å²) in [4.78, 5) is 25.1. The highest BCUT2D eigenvalue weighted by Gasteiger charge is 2.17. The van der Waals surface area contributed by atoms with Crippen LogP contribution in [0.1, 0.15) is 21.6 Å². The predicted molar refractivity (Wildman–Crippen MR) is 95.9 cm³/mol. The molecule has 0 bridgehead atoms. The smallest absolute Gasteiger partial charge is 0.280 e. The zero-order valence-electron chi connectivity index (χ0n) is 13.6. The Kier molecular flexibility index (Phi) is 4.11.